The average molecular weight is 416 g/mol. The van der Waals surface area contributed by atoms with E-state index in [-0.39, 0.29) is 0 Å². The van der Waals surface area contributed by atoms with Crippen molar-refractivity contribution >= 4 is 37.5 Å². The minimum atomic E-state index is 0.340. The van der Waals surface area contributed by atoms with Crippen molar-refractivity contribution in [1.82, 2.24) is 5.32 Å². The first-order valence-electron chi connectivity index (χ1n) is 7.97. The lowest BCUT2D eigenvalue weighted by molar-refractivity contribution is 0.245. The van der Waals surface area contributed by atoms with Gasteiger partial charge in [-0.15, -0.1) is 0 Å². The van der Waals surface area contributed by atoms with Crippen LogP contribution in [-0.4, -0.2) is 24.7 Å². The van der Waals surface area contributed by atoms with E-state index in [4.69, 9.17) is 0 Å². The van der Waals surface area contributed by atoms with Crippen LogP contribution in [0.5, 0.6) is 0 Å². The standard InChI is InChI=1S/C17H24Br2N2/c1-12(2)16-10-20-17(7-3-4-8-17)11-21(16)15-9-13(18)5-6-14(15)19/h5-6,9,12,16,20H,3-4,7-8,10-11H2,1-2H3. The van der Waals surface area contributed by atoms with Crippen LogP contribution >= 0.6 is 31.9 Å². The van der Waals surface area contributed by atoms with Gasteiger partial charge >= 0.3 is 0 Å². The zero-order valence-corrected chi connectivity index (χ0v) is 16.0. The molecule has 1 aliphatic heterocycles. The van der Waals surface area contributed by atoms with Crippen LogP contribution in [0.15, 0.2) is 27.1 Å². The van der Waals surface area contributed by atoms with Crippen molar-refractivity contribution in [2.45, 2.75) is 51.1 Å². The predicted octanol–water partition coefficient (Wildman–Crippen LogP) is 4.96. The van der Waals surface area contributed by atoms with Gasteiger partial charge < -0.3 is 10.2 Å². The Bertz CT molecular complexity index is 510. The van der Waals surface area contributed by atoms with Crippen LogP contribution in [0.4, 0.5) is 5.69 Å². The summed E-state index contributed by atoms with van der Waals surface area (Å²) in [6, 6.07) is 7.07. The Kier molecular flexibility index (Phi) is 4.68. The van der Waals surface area contributed by atoms with E-state index in [1.807, 2.05) is 0 Å². The molecule has 0 radical (unpaired) electrons. The summed E-state index contributed by atoms with van der Waals surface area (Å²) in [5, 5.41) is 3.89. The second kappa shape index (κ2) is 6.21. The maximum atomic E-state index is 3.89. The molecule has 0 bridgehead atoms. The minimum absolute atomic E-state index is 0.340. The number of anilines is 1. The third kappa shape index (κ3) is 3.18. The Labute approximate surface area is 144 Å². The van der Waals surface area contributed by atoms with Gasteiger partial charge in [0.2, 0.25) is 0 Å². The summed E-state index contributed by atoms with van der Waals surface area (Å²) in [5.74, 6) is 0.641. The molecule has 1 saturated heterocycles. The minimum Gasteiger partial charge on any atom is -0.364 e. The van der Waals surface area contributed by atoms with Gasteiger partial charge in [0.25, 0.3) is 0 Å². The molecule has 4 heteroatoms. The molecular weight excluding hydrogens is 392 g/mol. The zero-order chi connectivity index (χ0) is 15.0. The molecular formula is C17H24Br2N2. The summed E-state index contributed by atoms with van der Waals surface area (Å²) in [7, 11) is 0. The lowest BCUT2D eigenvalue weighted by Gasteiger charge is -2.49. The Morgan fingerprint density at radius 1 is 1.24 bits per heavy atom. The van der Waals surface area contributed by atoms with E-state index in [0.29, 0.717) is 17.5 Å². The smallest absolute Gasteiger partial charge is 0.0525 e. The summed E-state index contributed by atoms with van der Waals surface area (Å²) in [6.07, 6.45) is 5.37. The second-order valence-electron chi connectivity index (χ2n) is 6.90. The first kappa shape index (κ1) is 15.8. The number of piperazine rings is 1. The van der Waals surface area contributed by atoms with Crippen LogP contribution in [0, 0.1) is 5.92 Å². The number of rotatable bonds is 2. The van der Waals surface area contributed by atoms with E-state index in [0.717, 1.165) is 17.6 Å². The third-order valence-electron chi connectivity index (χ3n) is 5.11. The highest BCUT2D eigenvalue weighted by atomic mass is 79.9. The molecule has 0 amide bonds. The van der Waals surface area contributed by atoms with Crippen molar-refractivity contribution in [3.63, 3.8) is 0 Å². The fourth-order valence-corrected chi connectivity index (χ4v) is 4.71. The molecule has 1 atom stereocenters. The number of nitrogens with zero attached hydrogens (tertiary/aromatic N) is 1. The number of hydrogen-bond acceptors (Lipinski definition) is 2. The highest BCUT2D eigenvalue weighted by molar-refractivity contribution is 9.11. The van der Waals surface area contributed by atoms with Gasteiger partial charge in [-0.3, -0.25) is 0 Å². The monoisotopic (exact) mass is 414 g/mol. The summed E-state index contributed by atoms with van der Waals surface area (Å²) >= 11 is 7.39. The Morgan fingerprint density at radius 3 is 2.62 bits per heavy atom. The van der Waals surface area contributed by atoms with Gasteiger partial charge in [0.05, 0.1) is 5.69 Å². The van der Waals surface area contributed by atoms with E-state index in [1.165, 1.54) is 35.8 Å². The predicted molar refractivity (Wildman–Crippen MR) is 97.0 cm³/mol. The molecule has 0 aromatic heterocycles. The fourth-order valence-electron chi connectivity index (χ4n) is 3.88. The van der Waals surface area contributed by atoms with E-state index in [2.05, 4.69) is 74.1 Å². The third-order valence-corrected chi connectivity index (χ3v) is 6.27. The molecule has 1 N–H and O–H groups in total. The number of halogens is 2. The zero-order valence-electron chi connectivity index (χ0n) is 12.8. The molecule has 2 nitrogen and oxygen atoms in total. The first-order chi connectivity index (χ1) is 10.0. The molecule has 1 unspecified atom stereocenters. The SMILES string of the molecule is CC(C)C1CNC2(CCCC2)CN1c1cc(Br)ccc1Br. The molecule has 3 rings (SSSR count). The molecule has 1 heterocycles. The number of benzene rings is 1. The molecule has 116 valence electrons. The van der Waals surface area contributed by atoms with E-state index in [9.17, 15) is 0 Å². The molecule has 1 aliphatic carbocycles. The normalized spacial score (nSPS) is 25.0. The Hall–Kier alpha value is -0.0600. The van der Waals surface area contributed by atoms with Crippen molar-refractivity contribution in [1.29, 1.82) is 0 Å². The first-order valence-corrected chi connectivity index (χ1v) is 9.56. The van der Waals surface area contributed by atoms with E-state index >= 15 is 0 Å². The topological polar surface area (TPSA) is 15.3 Å². The lowest BCUT2D eigenvalue weighted by Crippen LogP contribution is -2.64. The van der Waals surface area contributed by atoms with Crippen LogP contribution in [-0.2, 0) is 0 Å². The molecule has 2 fully saturated rings. The molecule has 1 aromatic carbocycles. The van der Waals surface area contributed by atoms with Gasteiger partial charge in [0, 0.05) is 33.6 Å². The second-order valence-corrected chi connectivity index (χ2v) is 8.67. The summed E-state index contributed by atoms with van der Waals surface area (Å²) in [6.45, 7) is 6.89. The highest BCUT2D eigenvalue weighted by Crippen LogP contribution is 2.39. The summed E-state index contributed by atoms with van der Waals surface area (Å²) < 4.78 is 2.36. The molecule has 2 aliphatic rings. The van der Waals surface area contributed by atoms with Crippen molar-refractivity contribution < 1.29 is 0 Å². The average Bonchev–Trinajstić information content (AvgIpc) is 2.89. The summed E-state index contributed by atoms with van der Waals surface area (Å²) in [4.78, 5) is 2.64. The molecule has 21 heavy (non-hydrogen) atoms. The van der Waals surface area contributed by atoms with Gasteiger partial charge in [-0.05, 0) is 52.9 Å². The Balaban J connectivity index is 1.95. The van der Waals surface area contributed by atoms with Gasteiger partial charge in [0.15, 0.2) is 0 Å². The molecule has 1 aromatic rings. The van der Waals surface area contributed by atoms with Gasteiger partial charge in [0.1, 0.15) is 0 Å². The van der Waals surface area contributed by atoms with Gasteiger partial charge in [-0.1, -0.05) is 42.6 Å². The number of hydrogen-bond donors (Lipinski definition) is 1. The van der Waals surface area contributed by atoms with Crippen LogP contribution in [0.3, 0.4) is 0 Å². The summed E-state index contributed by atoms with van der Waals surface area (Å²) in [5.41, 5.74) is 1.67. The highest BCUT2D eigenvalue weighted by Gasteiger charge is 2.42. The van der Waals surface area contributed by atoms with Crippen LogP contribution in [0.1, 0.15) is 39.5 Å². The number of nitrogens with one attached hydrogen (secondary N) is 1. The lowest BCUT2D eigenvalue weighted by atomic mass is 9.88. The molecule has 1 spiro atoms. The van der Waals surface area contributed by atoms with Crippen LogP contribution in [0.25, 0.3) is 0 Å². The van der Waals surface area contributed by atoms with Crippen molar-refractivity contribution in [3.05, 3.63) is 27.1 Å². The van der Waals surface area contributed by atoms with Crippen LogP contribution in [0.2, 0.25) is 0 Å². The van der Waals surface area contributed by atoms with Crippen molar-refractivity contribution in [2.75, 3.05) is 18.0 Å². The maximum Gasteiger partial charge on any atom is 0.0525 e. The maximum absolute atomic E-state index is 3.89. The van der Waals surface area contributed by atoms with Gasteiger partial charge in [-0.2, -0.15) is 0 Å². The fraction of sp³-hybridized carbons (Fsp3) is 0.647. The van der Waals surface area contributed by atoms with Crippen molar-refractivity contribution in [2.24, 2.45) is 5.92 Å². The van der Waals surface area contributed by atoms with E-state index < -0.39 is 0 Å². The van der Waals surface area contributed by atoms with Gasteiger partial charge in [-0.25, -0.2) is 0 Å². The molecule has 1 saturated carbocycles. The largest absolute Gasteiger partial charge is 0.364 e. The Morgan fingerprint density at radius 2 is 1.95 bits per heavy atom. The van der Waals surface area contributed by atoms with Crippen molar-refractivity contribution in [3.8, 4) is 0 Å². The quantitative estimate of drug-likeness (QED) is 0.734. The van der Waals surface area contributed by atoms with Crippen LogP contribution < -0.4 is 10.2 Å². The van der Waals surface area contributed by atoms with E-state index in [1.54, 1.807) is 0 Å².